The van der Waals surface area contributed by atoms with E-state index in [1.807, 2.05) is 25.1 Å². The maximum Gasteiger partial charge on any atom is 0.253 e. The Balaban J connectivity index is 1.91. The first-order valence-electron chi connectivity index (χ1n) is 8.04. The van der Waals surface area contributed by atoms with Crippen molar-refractivity contribution in [2.75, 3.05) is 19.8 Å². The number of fused-ring (bicyclic) bond motifs is 1. The number of hydrogen-bond donors (Lipinski definition) is 1. The van der Waals surface area contributed by atoms with Crippen LogP contribution in [0, 0.1) is 6.92 Å². The fraction of sp³-hybridized carbons (Fsp3) is 0.444. The summed E-state index contributed by atoms with van der Waals surface area (Å²) in [4.78, 5) is 16.8. The van der Waals surface area contributed by atoms with Gasteiger partial charge >= 0.3 is 0 Å². The smallest absolute Gasteiger partial charge is 0.253 e. The van der Waals surface area contributed by atoms with Crippen LogP contribution in [-0.4, -0.2) is 30.6 Å². The summed E-state index contributed by atoms with van der Waals surface area (Å²) in [6.07, 6.45) is 3.02. The zero-order chi connectivity index (χ0) is 16.7. The molecule has 0 aliphatic carbocycles. The Bertz CT molecular complexity index is 673. The lowest BCUT2D eigenvalue weighted by molar-refractivity contribution is 0.0939. The van der Waals surface area contributed by atoms with Crippen LogP contribution < -0.4 is 5.32 Å². The largest absolute Gasteiger partial charge is 0.381 e. The summed E-state index contributed by atoms with van der Waals surface area (Å²) in [6, 6.07) is 7.33. The third-order valence-corrected chi connectivity index (χ3v) is 3.84. The standard InChI is InChI=1S/C18H23ClN2O2/c1-3-4-9-23-10-5-8-20-18(22)16-12-14-11-15(19)6-7-17(14)21-13(16)2/h6-7,11-12H,3-5,8-10H2,1-2H3,(H,20,22). The van der Waals surface area contributed by atoms with Gasteiger partial charge in [0.25, 0.3) is 5.91 Å². The first-order chi connectivity index (χ1) is 11.1. The number of carbonyl (C=O) groups is 1. The van der Waals surface area contributed by atoms with Crippen molar-refractivity contribution in [1.29, 1.82) is 0 Å². The molecule has 0 saturated carbocycles. The maximum absolute atomic E-state index is 12.3. The van der Waals surface area contributed by atoms with E-state index in [4.69, 9.17) is 16.3 Å². The first-order valence-corrected chi connectivity index (χ1v) is 8.42. The number of hydrogen-bond acceptors (Lipinski definition) is 3. The predicted octanol–water partition coefficient (Wildman–Crippen LogP) is 4.13. The van der Waals surface area contributed by atoms with Crippen LogP contribution in [0.3, 0.4) is 0 Å². The monoisotopic (exact) mass is 334 g/mol. The third kappa shape index (κ3) is 5.19. The molecular formula is C18H23ClN2O2. The van der Waals surface area contributed by atoms with Crippen LogP contribution in [0.1, 0.15) is 42.2 Å². The van der Waals surface area contributed by atoms with Gasteiger partial charge in [-0.15, -0.1) is 0 Å². The number of ether oxygens (including phenoxy) is 1. The highest BCUT2D eigenvalue weighted by atomic mass is 35.5. The van der Waals surface area contributed by atoms with Gasteiger partial charge in [-0.1, -0.05) is 24.9 Å². The molecule has 5 heteroatoms. The van der Waals surface area contributed by atoms with Crippen LogP contribution in [-0.2, 0) is 4.74 Å². The molecule has 0 spiro atoms. The zero-order valence-electron chi connectivity index (χ0n) is 13.7. The molecule has 1 amide bonds. The average molecular weight is 335 g/mol. The minimum atomic E-state index is -0.106. The number of amides is 1. The first kappa shape index (κ1) is 17.7. The number of unbranched alkanes of at least 4 members (excludes halogenated alkanes) is 1. The third-order valence-electron chi connectivity index (χ3n) is 3.61. The number of benzene rings is 1. The summed E-state index contributed by atoms with van der Waals surface area (Å²) in [5.74, 6) is -0.106. The van der Waals surface area contributed by atoms with E-state index in [1.165, 1.54) is 0 Å². The highest BCUT2D eigenvalue weighted by Crippen LogP contribution is 2.20. The molecule has 2 aromatic rings. The molecule has 0 bridgehead atoms. The van der Waals surface area contributed by atoms with Crippen molar-refractivity contribution in [1.82, 2.24) is 10.3 Å². The summed E-state index contributed by atoms with van der Waals surface area (Å²) in [5, 5.41) is 4.43. The van der Waals surface area contributed by atoms with E-state index < -0.39 is 0 Å². The Morgan fingerprint density at radius 1 is 1.26 bits per heavy atom. The van der Waals surface area contributed by atoms with Gasteiger partial charge in [0.15, 0.2) is 0 Å². The Kier molecular flexibility index (Phi) is 6.81. The van der Waals surface area contributed by atoms with Crippen LogP contribution in [0.25, 0.3) is 10.9 Å². The van der Waals surface area contributed by atoms with Gasteiger partial charge in [0.1, 0.15) is 0 Å². The molecule has 23 heavy (non-hydrogen) atoms. The van der Waals surface area contributed by atoms with Crippen LogP contribution in [0.5, 0.6) is 0 Å². The molecule has 1 heterocycles. The van der Waals surface area contributed by atoms with Gasteiger partial charge in [-0.2, -0.15) is 0 Å². The second-order valence-electron chi connectivity index (χ2n) is 5.53. The molecule has 0 aliphatic heterocycles. The van der Waals surface area contributed by atoms with Crippen LogP contribution in [0.2, 0.25) is 5.02 Å². The van der Waals surface area contributed by atoms with E-state index in [0.717, 1.165) is 42.5 Å². The van der Waals surface area contributed by atoms with Crippen molar-refractivity contribution >= 4 is 28.4 Å². The number of rotatable bonds is 8. The Morgan fingerprint density at radius 3 is 2.83 bits per heavy atom. The van der Waals surface area contributed by atoms with E-state index >= 15 is 0 Å². The highest BCUT2D eigenvalue weighted by molar-refractivity contribution is 6.31. The predicted molar refractivity (Wildman–Crippen MR) is 94.2 cm³/mol. The SMILES string of the molecule is CCCCOCCCNC(=O)c1cc2cc(Cl)ccc2nc1C. The maximum atomic E-state index is 12.3. The number of carbonyl (C=O) groups excluding carboxylic acids is 1. The summed E-state index contributed by atoms with van der Waals surface area (Å²) in [7, 11) is 0. The lowest BCUT2D eigenvalue weighted by Crippen LogP contribution is -2.26. The normalized spacial score (nSPS) is 10.9. The molecule has 0 radical (unpaired) electrons. The average Bonchev–Trinajstić information content (AvgIpc) is 2.53. The molecule has 124 valence electrons. The quantitative estimate of drug-likeness (QED) is 0.738. The van der Waals surface area contributed by atoms with E-state index in [2.05, 4.69) is 17.2 Å². The number of nitrogens with one attached hydrogen (secondary N) is 1. The lowest BCUT2D eigenvalue weighted by atomic mass is 10.1. The van der Waals surface area contributed by atoms with E-state index in [-0.39, 0.29) is 5.91 Å². The van der Waals surface area contributed by atoms with Gasteiger partial charge in [-0.05, 0) is 44.0 Å². The fourth-order valence-electron chi connectivity index (χ4n) is 2.29. The van der Waals surface area contributed by atoms with Gasteiger partial charge in [0, 0.05) is 30.2 Å². The second kappa shape index (κ2) is 8.85. The summed E-state index contributed by atoms with van der Waals surface area (Å²) in [6.45, 7) is 6.04. The highest BCUT2D eigenvalue weighted by Gasteiger charge is 2.11. The van der Waals surface area contributed by atoms with Crippen LogP contribution >= 0.6 is 11.6 Å². The van der Waals surface area contributed by atoms with E-state index in [0.29, 0.717) is 23.7 Å². The van der Waals surface area contributed by atoms with Gasteiger partial charge in [0.05, 0.1) is 16.8 Å². The lowest BCUT2D eigenvalue weighted by Gasteiger charge is -2.09. The molecule has 0 fully saturated rings. The minimum absolute atomic E-state index is 0.106. The molecule has 0 saturated heterocycles. The Labute approximate surface area is 142 Å². The minimum Gasteiger partial charge on any atom is -0.381 e. The summed E-state index contributed by atoms with van der Waals surface area (Å²) < 4.78 is 5.48. The van der Waals surface area contributed by atoms with Crippen molar-refractivity contribution < 1.29 is 9.53 Å². The second-order valence-corrected chi connectivity index (χ2v) is 5.97. The van der Waals surface area contributed by atoms with E-state index in [9.17, 15) is 4.79 Å². The van der Waals surface area contributed by atoms with Gasteiger partial charge in [-0.25, -0.2) is 0 Å². The zero-order valence-corrected chi connectivity index (χ0v) is 14.4. The Hall–Kier alpha value is -1.65. The number of nitrogens with zero attached hydrogens (tertiary/aromatic N) is 1. The molecular weight excluding hydrogens is 312 g/mol. The molecule has 0 aliphatic rings. The number of aryl methyl sites for hydroxylation is 1. The number of pyridine rings is 1. The number of aromatic nitrogens is 1. The molecule has 1 aromatic heterocycles. The molecule has 0 unspecified atom stereocenters. The van der Waals surface area contributed by atoms with Gasteiger partial charge in [0.2, 0.25) is 0 Å². The van der Waals surface area contributed by atoms with E-state index in [1.54, 1.807) is 6.07 Å². The molecule has 4 nitrogen and oxygen atoms in total. The fourth-order valence-corrected chi connectivity index (χ4v) is 2.47. The topological polar surface area (TPSA) is 51.2 Å². The number of halogens is 1. The van der Waals surface area contributed by atoms with Crippen molar-refractivity contribution in [3.63, 3.8) is 0 Å². The molecule has 0 atom stereocenters. The van der Waals surface area contributed by atoms with Gasteiger partial charge in [-0.3, -0.25) is 9.78 Å². The van der Waals surface area contributed by atoms with Crippen LogP contribution in [0.15, 0.2) is 24.3 Å². The summed E-state index contributed by atoms with van der Waals surface area (Å²) >= 11 is 6.00. The van der Waals surface area contributed by atoms with Crippen molar-refractivity contribution in [2.24, 2.45) is 0 Å². The van der Waals surface area contributed by atoms with Crippen molar-refractivity contribution in [2.45, 2.75) is 33.1 Å². The molecule has 2 rings (SSSR count). The Morgan fingerprint density at radius 2 is 2.04 bits per heavy atom. The van der Waals surface area contributed by atoms with Crippen LogP contribution in [0.4, 0.5) is 0 Å². The van der Waals surface area contributed by atoms with Crippen molar-refractivity contribution in [3.8, 4) is 0 Å². The van der Waals surface area contributed by atoms with Gasteiger partial charge < -0.3 is 10.1 Å². The molecule has 1 aromatic carbocycles. The molecule has 1 N–H and O–H groups in total. The van der Waals surface area contributed by atoms with Crippen molar-refractivity contribution in [3.05, 3.63) is 40.5 Å². The summed E-state index contributed by atoms with van der Waals surface area (Å²) in [5.41, 5.74) is 2.15.